The van der Waals surface area contributed by atoms with Gasteiger partial charge in [-0.15, -0.1) is 0 Å². The minimum absolute atomic E-state index is 0.108. The first-order chi connectivity index (χ1) is 14.8. The molecule has 0 saturated carbocycles. The van der Waals surface area contributed by atoms with Crippen LogP contribution < -0.4 is 10.6 Å². The van der Waals surface area contributed by atoms with E-state index in [-0.39, 0.29) is 37.4 Å². The minimum atomic E-state index is -0.392. The summed E-state index contributed by atoms with van der Waals surface area (Å²) in [6.45, 7) is 6.26. The smallest absolute Gasteiger partial charge is 0.249 e. The predicted molar refractivity (Wildman–Crippen MR) is 120 cm³/mol. The molecule has 0 fully saturated rings. The molecule has 2 aromatic carbocycles. The average molecular weight is 426 g/mol. The second kappa shape index (κ2) is 12.5. The zero-order chi connectivity index (χ0) is 22.6. The highest BCUT2D eigenvalue weighted by atomic mass is 16.5. The van der Waals surface area contributed by atoms with E-state index in [1.54, 1.807) is 12.1 Å². The van der Waals surface area contributed by atoms with Crippen LogP contribution in [0.15, 0.2) is 54.6 Å². The van der Waals surface area contributed by atoms with Gasteiger partial charge in [-0.3, -0.25) is 14.4 Å². The Kier molecular flexibility index (Phi) is 9.71. The second-order valence-electron chi connectivity index (χ2n) is 7.84. The van der Waals surface area contributed by atoms with Crippen LogP contribution in [0.4, 0.5) is 5.69 Å². The molecule has 0 aliphatic carbocycles. The van der Waals surface area contributed by atoms with Crippen LogP contribution >= 0.6 is 0 Å². The van der Waals surface area contributed by atoms with E-state index in [4.69, 9.17) is 4.74 Å². The lowest BCUT2D eigenvalue weighted by Gasteiger charge is -2.24. The normalized spacial score (nSPS) is 10.6. The zero-order valence-corrected chi connectivity index (χ0v) is 18.4. The molecule has 0 aliphatic heterocycles. The molecule has 0 atom stereocenters. The second-order valence-corrected chi connectivity index (χ2v) is 7.84. The molecular formula is C24H31N3O4. The molecule has 2 rings (SSSR count). The lowest BCUT2D eigenvalue weighted by Crippen LogP contribution is -2.45. The summed E-state index contributed by atoms with van der Waals surface area (Å²) in [5, 5.41) is 5.29. The third-order valence-corrected chi connectivity index (χ3v) is 4.39. The standard InChI is InChI=1S/C24H31N3O4/c1-18(2)14-27(24(30)17-31-16-20-7-5-4-6-8-20)15-23(29)25-13-22(28)26-21-11-9-19(3)10-12-21/h4-12,18H,13-17H2,1-3H3,(H,25,29)(H,26,28). The van der Waals surface area contributed by atoms with Crippen molar-refractivity contribution in [2.75, 3.05) is 31.6 Å². The van der Waals surface area contributed by atoms with E-state index < -0.39 is 5.91 Å². The van der Waals surface area contributed by atoms with Crippen molar-refractivity contribution in [3.05, 3.63) is 65.7 Å². The number of anilines is 1. The molecule has 0 radical (unpaired) electrons. The van der Waals surface area contributed by atoms with Crippen molar-refractivity contribution in [2.45, 2.75) is 27.4 Å². The van der Waals surface area contributed by atoms with E-state index in [2.05, 4.69) is 10.6 Å². The van der Waals surface area contributed by atoms with Crippen LogP contribution in [0.1, 0.15) is 25.0 Å². The maximum absolute atomic E-state index is 12.6. The van der Waals surface area contributed by atoms with E-state index in [0.29, 0.717) is 18.8 Å². The molecule has 0 bridgehead atoms. The Morgan fingerprint density at radius 2 is 1.65 bits per heavy atom. The van der Waals surface area contributed by atoms with E-state index in [1.165, 1.54) is 4.90 Å². The maximum Gasteiger partial charge on any atom is 0.249 e. The van der Waals surface area contributed by atoms with Crippen molar-refractivity contribution < 1.29 is 19.1 Å². The minimum Gasteiger partial charge on any atom is -0.367 e. The largest absolute Gasteiger partial charge is 0.367 e. The van der Waals surface area contributed by atoms with Crippen LogP contribution in [0.25, 0.3) is 0 Å². The SMILES string of the molecule is Cc1ccc(NC(=O)CNC(=O)CN(CC(C)C)C(=O)COCc2ccccc2)cc1. The number of carbonyl (C=O) groups is 3. The van der Waals surface area contributed by atoms with Crippen molar-refractivity contribution in [3.63, 3.8) is 0 Å². The Balaban J connectivity index is 1.78. The van der Waals surface area contributed by atoms with Gasteiger partial charge in [-0.25, -0.2) is 0 Å². The Labute approximate surface area is 183 Å². The molecule has 31 heavy (non-hydrogen) atoms. The van der Waals surface area contributed by atoms with Gasteiger partial charge in [0.2, 0.25) is 17.7 Å². The first kappa shape index (κ1) is 24.1. The first-order valence-electron chi connectivity index (χ1n) is 10.4. The fourth-order valence-electron chi connectivity index (χ4n) is 2.87. The number of carbonyl (C=O) groups excluding carboxylic acids is 3. The highest BCUT2D eigenvalue weighted by Crippen LogP contribution is 2.08. The van der Waals surface area contributed by atoms with Crippen molar-refractivity contribution in [2.24, 2.45) is 5.92 Å². The molecule has 0 saturated heterocycles. The zero-order valence-electron chi connectivity index (χ0n) is 18.4. The summed E-state index contributed by atoms with van der Waals surface area (Å²) in [6, 6.07) is 17.0. The number of ether oxygens (including phenoxy) is 1. The van der Waals surface area contributed by atoms with E-state index in [9.17, 15) is 14.4 Å². The van der Waals surface area contributed by atoms with Gasteiger partial charge in [0.25, 0.3) is 0 Å². The van der Waals surface area contributed by atoms with Crippen molar-refractivity contribution in [3.8, 4) is 0 Å². The number of benzene rings is 2. The molecule has 0 heterocycles. The Bertz CT molecular complexity index is 851. The molecule has 2 aromatic rings. The molecule has 7 heteroatoms. The highest BCUT2D eigenvalue weighted by molar-refractivity contribution is 5.95. The lowest BCUT2D eigenvalue weighted by atomic mass is 10.2. The number of amides is 3. The lowest BCUT2D eigenvalue weighted by molar-refractivity contribution is -0.140. The van der Waals surface area contributed by atoms with Crippen molar-refractivity contribution >= 4 is 23.4 Å². The van der Waals surface area contributed by atoms with Crippen LogP contribution in [0.3, 0.4) is 0 Å². The van der Waals surface area contributed by atoms with Crippen molar-refractivity contribution in [1.29, 1.82) is 0 Å². The molecule has 7 nitrogen and oxygen atoms in total. The number of nitrogens with zero attached hydrogens (tertiary/aromatic N) is 1. The summed E-state index contributed by atoms with van der Waals surface area (Å²) in [5.41, 5.74) is 2.73. The van der Waals surface area contributed by atoms with Gasteiger partial charge in [-0.05, 0) is 30.5 Å². The van der Waals surface area contributed by atoms with Crippen LogP contribution in [0.2, 0.25) is 0 Å². The maximum atomic E-state index is 12.6. The Morgan fingerprint density at radius 3 is 2.29 bits per heavy atom. The number of nitrogens with one attached hydrogen (secondary N) is 2. The molecule has 166 valence electrons. The molecule has 0 aromatic heterocycles. The molecule has 2 N–H and O–H groups in total. The molecular weight excluding hydrogens is 394 g/mol. The number of hydrogen-bond acceptors (Lipinski definition) is 4. The van der Waals surface area contributed by atoms with Gasteiger partial charge in [-0.2, -0.15) is 0 Å². The summed E-state index contributed by atoms with van der Waals surface area (Å²) in [7, 11) is 0. The van der Waals surface area contributed by atoms with Crippen LogP contribution in [-0.2, 0) is 25.7 Å². The predicted octanol–water partition coefficient (Wildman–Crippen LogP) is 2.75. The molecule has 0 unspecified atom stereocenters. The topological polar surface area (TPSA) is 87.7 Å². The molecule has 0 spiro atoms. The number of hydrogen-bond donors (Lipinski definition) is 2. The summed E-state index contributed by atoms with van der Waals surface area (Å²) in [6.07, 6.45) is 0. The fraction of sp³-hybridized carbons (Fsp3) is 0.375. The summed E-state index contributed by atoms with van der Waals surface area (Å²) in [5.74, 6) is -0.791. The Hall–Kier alpha value is -3.19. The van der Waals surface area contributed by atoms with Gasteiger partial charge < -0.3 is 20.3 Å². The van der Waals surface area contributed by atoms with Gasteiger partial charge >= 0.3 is 0 Å². The summed E-state index contributed by atoms with van der Waals surface area (Å²) >= 11 is 0. The molecule has 0 aliphatic rings. The van der Waals surface area contributed by atoms with E-state index in [0.717, 1.165) is 11.1 Å². The van der Waals surface area contributed by atoms with Crippen molar-refractivity contribution in [1.82, 2.24) is 10.2 Å². The van der Waals surface area contributed by atoms with E-state index >= 15 is 0 Å². The highest BCUT2D eigenvalue weighted by Gasteiger charge is 2.19. The van der Waals surface area contributed by atoms with Gasteiger partial charge in [0, 0.05) is 12.2 Å². The summed E-state index contributed by atoms with van der Waals surface area (Å²) < 4.78 is 5.51. The third-order valence-electron chi connectivity index (χ3n) is 4.39. The third kappa shape index (κ3) is 9.44. The van der Waals surface area contributed by atoms with Gasteiger partial charge in [-0.1, -0.05) is 61.9 Å². The van der Waals surface area contributed by atoms with Gasteiger partial charge in [0.15, 0.2) is 0 Å². The Morgan fingerprint density at radius 1 is 0.968 bits per heavy atom. The average Bonchev–Trinajstić information content (AvgIpc) is 2.74. The van der Waals surface area contributed by atoms with Gasteiger partial charge in [0.05, 0.1) is 19.7 Å². The number of aryl methyl sites for hydroxylation is 1. The first-order valence-corrected chi connectivity index (χ1v) is 10.4. The van der Waals surface area contributed by atoms with Crippen LogP contribution in [0, 0.1) is 12.8 Å². The number of rotatable bonds is 11. The van der Waals surface area contributed by atoms with E-state index in [1.807, 2.05) is 63.2 Å². The quantitative estimate of drug-likeness (QED) is 0.580. The van der Waals surface area contributed by atoms with Crippen LogP contribution in [-0.4, -0.2) is 48.9 Å². The van der Waals surface area contributed by atoms with Gasteiger partial charge in [0.1, 0.15) is 6.61 Å². The van der Waals surface area contributed by atoms with Crippen LogP contribution in [0.5, 0.6) is 0 Å². The summed E-state index contributed by atoms with van der Waals surface area (Å²) in [4.78, 5) is 38.4. The fourth-order valence-corrected chi connectivity index (χ4v) is 2.87. The monoisotopic (exact) mass is 425 g/mol. The molecule has 3 amide bonds.